The van der Waals surface area contributed by atoms with E-state index in [9.17, 15) is 9.59 Å². The molecule has 3 N–H and O–H groups in total. The molecule has 220 valence electrons. The van der Waals surface area contributed by atoms with Crippen molar-refractivity contribution in [3.05, 3.63) is 111 Å². The SMILES string of the molecule is CNC(=O)c1ccc(/C=C/C(=O)C(N)c2cccn2-c2ccc(Cl)c(COc3cccc4c3nc(OC)n4C)c2Cl)cc1. The largest absolute Gasteiger partial charge is 0.486 e. The number of aryl methyl sites for hydroxylation is 1. The monoisotopic (exact) mass is 617 g/mol. The Morgan fingerprint density at radius 3 is 2.56 bits per heavy atom. The number of benzene rings is 3. The minimum absolute atomic E-state index is 0.0759. The van der Waals surface area contributed by atoms with Crippen molar-refractivity contribution in [3.8, 4) is 17.4 Å². The molecule has 5 aromatic rings. The fourth-order valence-electron chi connectivity index (χ4n) is 4.70. The fraction of sp³-hybridized carbons (Fsp3) is 0.156. The van der Waals surface area contributed by atoms with Crippen molar-refractivity contribution < 1.29 is 19.1 Å². The minimum atomic E-state index is -0.959. The molecular formula is C32H29Cl2N5O4. The van der Waals surface area contributed by atoms with Crippen LogP contribution in [0.3, 0.4) is 0 Å². The van der Waals surface area contributed by atoms with Crippen LogP contribution in [-0.2, 0) is 18.4 Å². The number of para-hydroxylation sites is 1. The van der Waals surface area contributed by atoms with Gasteiger partial charge in [0.25, 0.3) is 11.9 Å². The van der Waals surface area contributed by atoms with Crippen molar-refractivity contribution in [2.45, 2.75) is 12.6 Å². The van der Waals surface area contributed by atoms with Gasteiger partial charge < -0.3 is 25.1 Å². The number of ether oxygens (including phenoxy) is 2. The molecule has 0 spiro atoms. The van der Waals surface area contributed by atoms with Crippen LogP contribution in [0.5, 0.6) is 11.8 Å². The van der Waals surface area contributed by atoms with Gasteiger partial charge in [-0.2, -0.15) is 4.98 Å². The smallest absolute Gasteiger partial charge is 0.296 e. The Morgan fingerprint density at radius 1 is 1.07 bits per heavy atom. The van der Waals surface area contributed by atoms with Gasteiger partial charge in [0.1, 0.15) is 23.9 Å². The van der Waals surface area contributed by atoms with Crippen LogP contribution in [0, 0.1) is 0 Å². The predicted octanol–water partition coefficient (Wildman–Crippen LogP) is 5.90. The van der Waals surface area contributed by atoms with Crippen LogP contribution in [0.25, 0.3) is 22.8 Å². The Bertz CT molecular complexity index is 1840. The van der Waals surface area contributed by atoms with Gasteiger partial charge in [-0.3, -0.25) is 14.2 Å². The van der Waals surface area contributed by atoms with Gasteiger partial charge in [-0.15, -0.1) is 0 Å². The zero-order valence-electron chi connectivity index (χ0n) is 23.7. The normalized spacial score (nSPS) is 12.0. The molecular weight excluding hydrogens is 589 g/mol. The van der Waals surface area contributed by atoms with Crippen molar-refractivity contribution in [1.29, 1.82) is 0 Å². The molecule has 0 aliphatic heterocycles. The molecule has 11 heteroatoms. The van der Waals surface area contributed by atoms with Crippen molar-refractivity contribution in [3.63, 3.8) is 0 Å². The number of aromatic nitrogens is 3. The summed E-state index contributed by atoms with van der Waals surface area (Å²) >= 11 is 13.5. The lowest BCUT2D eigenvalue weighted by Gasteiger charge is -2.18. The number of methoxy groups -OCH3 is 1. The number of carbonyl (C=O) groups is 2. The fourth-order valence-corrected chi connectivity index (χ4v) is 5.28. The van der Waals surface area contributed by atoms with Gasteiger partial charge in [0.15, 0.2) is 5.78 Å². The number of ketones is 1. The molecule has 0 aliphatic carbocycles. The molecule has 0 saturated heterocycles. The summed E-state index contributed by atoms with van der Waals surface area (Å²) < 4.78 is 15.1. The summed E-state index contributed by atoms with van der Waals surface area (Å²) in [6.07, 6.45) is 4.86. The highest BCUT2D eigenvalue weighted by Gasteiger charge is 2.21. The maximum Gasteiger partial charge on any atom is 0.296 e. The van der Waals surface area contributed by atoms with Crippen LogP contribution < -0.4 is 20.5 Å². The summed E-state index contributed by atoms with van der Waals surface area (Å²) in [6.45, 7) is 0.0759. The summed E-state index contributed by atoms with van der Waals surface area (Å²) in [6, 6.07) is 19.1. The third-order valence-corrected chi connectivity index (χ3v) is 7.83. The molecule has 43 heavy (non-hydrogen) atoms. The molecule has 1 unspecified atom stereocenters. The highest BCUT2D eigenvalue weighted by atomic mass is 35.5. The van der Waals surface area contributed by atoms with E-state index in [4.69, 9.17) is 38.4 Å². The topological polar surface area (TPSA) is 113 Å². The van der Waals surface area contributed by atoms with Gasteiger partial charge in [-0.1, -0.05) is 47.5 Å². The lowest BCUT2D eigenvalue weighted by molar-refractivity contribution is -0.115. The number of imidazole rings is 1. The Kier molecular flexibility index (Phi) is 8.86. The number of halogens is 2. The van der Waals surface area contributed by atoms with E-state index in [0.717, 1.165) is 11.1 Å². The molecule has 0 bridgehead atoms. The van der Waals surface area contributed by atoms with E-state index in [1.165, 1.54) is 6.08 Å². The molecule has 0 fully saturated rings. The average molecular weight is 619 g/mol. The summed E-state index contributed by atoms with van der Waals surface area (Å²) in [5, 5.41) is 3.37. The first kappa shape index (κ1) is 29.9. The lowest BCUT2D eigenvalue weighted by Crippen LogP contribution is -2.22. The van der Waals surface area contributed by atoms with E-state index in [-0.39, 0.29) is 18.3 Å². The van der Waals surface area contributed by atoms with Crippen molar-refractivity contribution in [1.82, 2.24) is 19.4 Å². The first-order chi connectivity index (χ1) is 20.7. The number of carbonyl (C=O) groups excluding carboxylic acids is 2. The quantitative estimate of drug-likeness (QED) is 0.189. The van der Waals surface area contributed by atoms with E-state index in [1.54, 1.807) is 79.5 Å². The van der Waals surface area contributed by atoms with Crippen LogP contribution in [0.4, 0.5) is 0 Å². The molecule has 9 nitrogen and oxygen atoms in total. The molecule has 3 aromatic carbocycles. The first-order valence-electron chi connectivity index (χ1n) is 13.3. The summed E-state index contributed by atoms with van der Waals surface area (Å²) in [5.74, 6) is 0.0670. The summed E-state index contributed by atoms with van der Waals surface area (Å²) in [7, 11) is 4.99. The summed E-state index contributed by atoms with van der Waals surface area (Å²) in [4.78, 5) is 29.3. The van der Waals surface area contributed by atoms with Gasteiger partial charge in [0.2, 0.25) is 0 Å². The number of hydrogen-bond acceptors (Lipinski definition) is 6. The second kappa shape index (κ2) is 12.7. The van der Waals surface area contributed by atoms with Crippen molar-refractivity contribution in [2.75, 3.05) is 14.2 Å². The molecule has 1 atom stereocenters. The standard InChI is InChI=1S/C32H29Cl2N5O4/c1-36-31(41)20-12-9-19(10-13-20)11-16-26(40)29(35)24-7-5-17-39(24)23-15-14-22(33)21(28(23)34)18-43-27-8-4-6-25-30(27)37-32(42-3)38(25)2/h4-17,29H,18,35H2,1-3H3,(H,36,41)/b16-11+. The van der Waals surface area contributed by atoms with Gasteiger partial charge in [-0.05, 0) is 60.2 Å². The number of amides is 1. The Labute approximate surface area is 258 Å². The maximum atomic E-state index is 13.1. The number of nitrogens with one attached hydrogen (secondary N) is 1. The molecule has 2 aromatic heterocycles. The highest BCUT2D eigenvalue weighted by Crippen LogP contribution is 2.35. The van der Waals surface area contributed by atoms with E-state index < -0.39 is 6.04 Å². The molecule has 0 aliphatic rings. The third kappa shape index (κ3) is 6.01. The van der Waals surface area contributed by atoms with E-state index in [0.29, 0.717) is 49.8 Å². The third-order valence-electron chi connectivity index (χ3n) is 7.06. The molecule has 2 heterocycles. The van der Waals surface area contributed by atoms with E-state index in [2.05, 4.69) is 10.3 Å². The second-order valence-electron chi connectivity index (χ2n) is 9.65. The number of fused-ring (bicyclic) bond motifs is 1. The van der Waals surface area contributed by atoms with Crippen molar-refractivity contribution in [2.24, 2.45) is 12.8 Å². The number of nitrogens with zero attached hydrogens (tertiary/aromatic N) is 3. The van der Waals surface area contributed by atoms with Gasteiger partial charge in [0, 0.05) is 42.1 Å². The van der Waals surface area contributed by atoms with E-state index >= 15 is 0 Å². The van der Waals surface area contributed by atoms with Crippen LogP contribution in [-0.4, -0.2) is 40.0 Å². The Hall–Kier alpha value is -4.57. The molecule has 0 saturated carbocycles. The van der Waals surface area contributed by atoms with Crippen LogP contribution in [0.1, 0.15) is 33.2 Å². The minimum Gasteiger partial charge on any atom is -0.486 e. The predicted molar refractivity (Wildman–Crippen MR) is 168 cm³/mol. The molecule has 1 amide bonds. The molecule has 0 radical (unpaired) electrons. The van der Waals surface area contributed by atoms with Crippen LogP contribution in [0.2, 0.25) is 10.0 Å². The maximum absolute atomic E-state index is 13.1. The van der Waals surface area contributed by atoms with Gasteiger partial charge >= 0.3 is 0 Å². The Morgan fingerprint density at radius 2 is 1.84 bits per heavy atom. The van der Waals surface area contributed by atoms with Gasteiger partial charge in [-0.25, -0.2) is 0 Å². The number of rotatable bonds is 10. The van der Waals surface area contributed by atoms with Crippen LogP contribution >= 0.6 is 23.2 Å². The lowest BCUT2D eigenvalue weighted by atomic mass is 10.1. The zero-order chi connectivity index (χ0) is 30.7. The van der Waals surface area contributed by atoms with Gasteiger partial charge in [0.05, 0.1) is 23.3 Å². The Balaban J connectivity index is 1.37. The highest BCUT2D eigenvalue weighted by molar-refractivity contribution is 6.37. The first-order valence-corrected chi connectivity index (χ1v) is 14.1. The zero-order valence-corrected chi connectivity index (χ0v) is 25.2. The molecule has 5 rings (SSSR count). The summed E-state index contributed by atoms with van der Waals surface area (Å²) in [5.41, 5.74) is 10.9. The number of nitrogens with two attached hydrogens (primary N) is 1. The average Bonchev–Trinajstić information content (AvgIpc) is 3.64. The van der Waals surface area contributed by atoms with Crippen molar-refractivity contribution >= 4 is 52.0 Å². The second-order valence-corrected chi connectivity index (χ2v) is 10.4. The number of hydrogen-bond donors (Lipinski definition) is 2. The van der Waals surface area contributed by atoms with E-state index in [1.807, 2.05) is 29.8 Å². The van der Waals surface area contributed by atoms with Crippen LogP contribution in [0.15, 0.2) is 79.0 Å².